The SMILES string of the molecule is CC[C@@H]1CN[C@H](CO)[C@@H]1CN1CCN(C)CC1. The van der Waals surface area contributed by atoms with Crippen LogP contribution in [0.15, 0.2) is 0 Å². The highest BCUT2D eigenvalue weighted by atomic mass is 16.3. The van der Waals surface area contributed by atoms with Gasteiger partial charge in [0.15, 0.2) is 0 Å². The molecule has 0 unspecified atom stereocenters. The molecule has 2 saturated heterocycles. The highest BCUT2D eigenvalue weighted by molar-refractivity contribution is 4.91. The van der Waals surface area contributed by atoms with Crippen molar-refractivity contribution >= 4 is 0 Å². The molecule has 0 aliphatic carbocycles. The average Bonchev–Trinajstić information content (AvgIpc) is 2.74. The average molecular weight is 241 g/mol. The predicted molar refractivity (Wildman–Crippen MR) is 70.1 cm³/mol. The summed E-state index contributed by atoms with van der Waals surface area (Å²) in [6, 6.07) is 0.319. The molecule has 3 atom stereocenters. The third-order valence-electron chi connectivity index (χ3n) is 4.55. The van der Waals surface area contributed by atoms with Crippen LogP contribution in [0.1, 0.15) is 13.3 Å². The van der Waals surface area contributed by atoms with E-state index < -0.39 is 0 Å². The van der Waals surface area contributed by atoms with E-state index in [1.165, 1.54) is 32.6 Å². The first-order valence-electron chi connectivity index (χ1n) is 6.99. The highest BCUT2D eigenvalue weighted by Crippen LogP contribution is 2.26. The van der Waals surface area contributed by atoms with Crippen molar-refractivity contribution in [3.63, 3.8) is 0 Å². The first-order chi connectivity index (χ1) is 8.24. The molecule has 2 aliphatic heterocycles. The van der Waals surface area contributed by atoms with Gasteiger partial charge in [-0.2, -0.15) is 0 Å². The number of piperazine rings is 1. The fourth-order valence-electron chi connectivity index (χ4n) is 3.19. The summed E-state index contributed by atoms with van der Waals surface area (Å²) in [6.45, 7) is 9.52. The fraction of sp³-hybridized carbons (Fsp3) is 1.00. The summed E-state index contributed by atoms with van der Waals surface area (Å²) < 4.78 is 0. The maximum atomic E-state index is 9.43. The molecule has 100 valence electrons. The van der Waals surface area contributed by atoms with Gasteiger partial charge in [0.25, 0.3) is 0 Å². The smallest absolute Gasteiger partial charge is 0.0587 e. The van der Waals surface area contributed by atoms with Crippen molar-refractivity contribution in [1.82, 2.24) is 15.1 Å². The van der Waals surface area contributed by atoms with Crippen LogP contribution in [0.25, 0.3) is 0 Å². The minimum atomic E-state index is 0.287. The molecule has 0 amide bonds. The van der Waals surface area contributed by atoms with Crippen molar-refractivity contribution in [2.75, 3.05) is 52.9 Å². The van der Waals surface area contributed by atoms with Crippen molar-refractivity contribution in [1.29, 1.82) is 0 Å². The number of hydrogen-bond acceptors (Lipinski definition) is 4. The van der Waals surface area contributed by atoms with Crippen LogP contribution in [0.2, 0.25) is 0 Å². The van der Waals surface area contributed by atoms with Crippen LogP contribution in [0, 0.1) is 11.8 Å². The first kappa shape index (κ1) is 13.3. The van der Waals surface area contributed by atoms with Gasteiger partial charge >= 0.3 is 0 Å². The monoisotopic (exact) mass is 241 g/mol. The van der Waals surface area contributed by atoms with Gasteiger partial charge in [-0.05, 0) is 25.4 Å². The Morgan fingerprint density at radius 3 is 2.53 bits per heavy atom. The zero-order valence-electron chi connectivity index (χ0n) is 11.2. The second kappa shape index (κ2) is 6.14. The molecule has 2 fully saturated rings. The van der Waals surface area contributed by atoms with Crippen molar-refractivity contribution in [2.45, 2.75) is 19.4 Å². The van der Waals surface area contributed by atoms with E-state index in [0.29, 0.717) is 12.0 Å². The minimum absolute atomic E-state index is 0.287. The molecule has 17 heavy (non-hydrogen) atoms. The van der Waals surface area contributed by atoms with Crippen molar-refractivity contribution < 1.29 is 5.11 Å². The van der Waals surface area contributed by atoms with Crippen LogP contribution < -0.4 is 5.32 Å². The Balaban J connectivity index is 1.86. The molecule has 2 aliphatic rings. The van der Waals surface area contributed by atoms with Crippen LogP contribution in [0.5, 0.6) is 0 Å². The van der Waals surface area contributed by atoms with Gasteiger partial charge in [0.1, 0.15) is 0 Å². The maximum Gasteiger partial charge on any atom is 0.0587 e. The molecule has 0 aromatic carbocycles. The van der Waals surface area contributed by atoms with Crippen LogP contribution in [-0.2, 0) is 0 Å². The largest absolute Gasteiger partial charge is 0.395 e. The van der Waals surface area contributed by atoms with Gasteiger partial charge in [0, 0.05) is 38.8 Å². The number of aliphatic hydroxyl groups is 1. The lowest BCUT2D eigenvalue weighted by atomic mass is 9.88. The van der Waals surface area contributed by atoms with Gasteiger partial charge in [-0.15, -0.1) is 0 Å². The third-order valence-corrected chi connectivity index (χ3v) is 4.55. The number of nitrogens with one attached hydrogen (secondary N) is 1. The van der Waals surface area contributed by atoms with Crippen LogP contribution >= 0.6 is 0 Å². The second-order valence-electron chi connectivity index (χ2n) is 5.63. The minimum Gasteiger partial charge on any atom is -0.395 e. The van der Waals surface area contributed by atoms with E-state index in [9.17, 15) is 5.11 Å². The van der Waals surface area contributed by atoms with E-state index >= 15 is 0 Å². The Morgan fingerprint density at radius 2 is 1.94 bits per heavy atom. The summed E-state index contributed by atoms with van der Waals surface area (Å²) in [5, 5.41) is 12.9. The maximum absolute atomic E-state index is 9.43. The summed E-state index contributed by atoms with van der Waals surface area (Å²) in [5.74, 6) is 1.38. The third kappa shape index (κ3) is 3.19. The topological polar surface area (TPSA) is 38.7 Å². The molecule has 0 aromatic rings. The Kier molecular flexibility index (Phi) is 4.79. The van der Waals surface area contributed by atoms with E-state index in [4.69, 9.17) is 0 Å². The molecule has 0 aromatic heterocycles. The van der Waals surface area contributed by atoms with Gasteiger partial charge in [-0.25, -0.2) is 0 Å². The molecule has 0 spiro atoms. The molecule has 2 rings (SSSR count). The second-order valence-corrected chi connectivity index (χ2v) is 5.63. The Labute approximate surface area is 105 Å². The predicted octanol–water partition coefficient (Wildman–Crippen LogP) is -0.160. The number of rotatable bonds is 4. The summed E-state index contributed by atoms with van der Waals surface area (Å²) >= 11 is 0. The van der Waals surface area contributed by atoms with Crippen LogP contribution in [0.3, 0.4) is 0 Å². The molecule has 0 radical (unpaired) electrons. The summed E-state index contributed by atoms with van der Waals surface area (Å²) in [5.41, 5.74) is 0. The van der Waals surface area contributed by atoms with Gasteiger partial charge in [0.05, 0.1) is 6.61 Å². The van der Waals surface area contributed by atoms with Gasteiger partial charge in [0.2, 0.25) is 0 Å². The lowest BCUT2D eigenvalue weighted by Gasteiger charge is -2.36. The van der Waals surface area contributed by atoms with Crippen molar-refractivity contribution in [3.8, 4) is 0 Å². The number of likely N-dealkylation sites (N-methyl/N-ethyl adjacent to an activating group) is 1. The molecular formula is C13H27N3O. The summed E-state index contributed by atoms with van der Waals surface area (Å²) in [6.07, 6.45) is 1.22. The van der Waals surface area contributed by atoms with E-state index in [1.807, 2.05) is 0 Å². The van der Waals surface area contributed by atoms with Gasteiger partial charge in [-0.3, -0.25) is 0 Å². The molecule has 4 heteroatoms. The van der Waals surface area contributed by atoms with Crippen LogP contribution in [0.4, 0.5) is 0 Å². The van der Waals surface area contributed by atoms with E-state index in [2.05, 4.69) is 29.1 Å². The lowest BCUT2D eigenvalue weighted by molar-refractivity contribution is 0.111. The van der Waals surface area contributed by atoms with E-state index in [0.717, 1.165) is 19.0 Å². The molecule has 0 bridgehead atoms. The number of aliphatic hydroxyl groups excluding tert-OH is 1. The summed E-state index contributed by atoms with van der Waals surface area (Å²) in [7, 11) is 2.19. The lowest BCUT2D eigenvalue weighted by Crippen LogP contribution is -2.48. The standard InChI is InChI=1S/C13H27N3O/c1-3-11-8-14-13(10-17)12(11)9-16-6-4-15(2)5-7-16/h11-14,17H,3-10H2,1-2H3/t11-,12-,13-/m1/s1. The highest BCUT2D eigenvalue weighted by Gasteiger charge is 2.35. The van der Waals surface area contributed by atoms with E-state index in [-0.39, 0.29) is 6.61 Å². The Bertz CT molecular complexity index is 217. The molecule has 4 nitrogen and oxygen atoms in total. The zero-order chi connectivity index (χ0) is 12.3. The summed E-state index contributed by atoms with van der Waals surface area (Å²) in [4.78, 5) is 4.97. The van der Waals surface area contributed by atoms with Crippen molar-refractivity contribution in [3.05, 3.63) is 0 Å². The number of nitrogens with zero attached hydrogens (tertiary/aromatic N) is 2. The number of hydrogen-bond donors (Lipinski definition) is 2. The van der Waals surface area contributed by atoms with Crippen LogP contribution in [-0.4, -0.2) is 73.9 Å². The first-order valence-corrected chi connectivity index (χ1v) is 6.99. The zero-order valence-corrected chi connectivity index (χ0v) is 11.2. The van der Waals surface area contributed by atoms with E-state index in [1.54, 1.807) is 0 Å². The fourth-order valence-corrected chi connectivity index (χ4v) is 3.19. The molecule has 2 heterocycles. The molecule has 0 saturated carbocycles. The van der Waals surface area contributed by atoms with Crippen molar-refractivity contribution in [2.24, 2.45) is 11.8 Å². The van der Waals surface area contributed by atoms with Gasteiger partial charge < -0.3 is 20.2 Å². The van der Waals surface area contributed by atoms with Gasteiger partial charge in [-0.1, -0.05) is 13.3 Å². The Hall–Kier alpha value is -0.160. The molecule has 2 N–H and O–H groups in total. The Morgan fingerprint density at radius 1 is 1.24 bits per heavy atom. The quantitative estimate of drug-likeness (QED) is 0.717. The molecular weight excluding hydrogens is 214 g/mol. The normalized spacial score (nSPS) is 36.5.